The maximum absolute atomic E-state index is 6.30. The van der Waals surface area contributed by atoms with Crippen LogP contribution in [0.5, 0.6) is 0 Å². The number of hydrogen-bond donors (Lipinski definition) is 1. The second-order valence-electron chi connectivity index (χ2n) is 6.20. The molecule has 0 fully saturated rings. The van der Waals surface area contributed by atoms with Crippen molar-refractivity contribution in [1.29, 1.82) is 0 Å². The van der Waals surface area contributed by atoms with Crippen LogP contribution < -0.4 is 5.32 Å². The van der Waals surface area contributed by atoms with Gasteiger partial charge in [-0.3, -0.25) is 0 Å². The molecule has 0 saturated heterocycles. The third kappa shape index (κ3) is 2.50. The molecule has 1 aromatic carbocycles. The van der Waals surface area contributed by atoms with Gasteiger partial charge in [-0.1, -0.05) is 43.6 Å². The van der Waals surface area contributed by atoms with Gasteiger partial charge in [0, 0.05) is 16.5 Å². The molecule has 0 radical (unpaired) electrons. The molecule has 0 aliphatic heterocycles. The second kappa shape index (κ2) is 5.14. The first kappa shape index (κ1) is 14.1. The minimum atomic E-state index is 0.298. The molecule has 0 spiro atoms. The summed E-state index contributed by atoms with van der Waals surface area (Å²) in [5.41, 5.74) is 2.58. The Bertz CT molecular complexity index is 633. The van der Waals surface area contributed by atoms with Gasteiger partial charge in [0.05, 0.1) is 10.7 Å². The molecule has 1 aliphatic rings. The third-order valence-corrected chi connectivity index (χ3v) is 5.47. The Morgan fingerprint density at radius 2 is 2.10 bits per heavy atom. The summed E-state index contributed by atoms with van der Waals surface area (Å²) in [6.45, 7) is 4.63. The van der Waals surface area contributed by atoms with Crippen molar-refractivity contribution in [3.63, 3.8) is 0 Å². The van der Waals surface area contributed by atoms with Gasteiger partial charge in [-0.25, -0.2) is 4.98 Å². The second-order valence-corrected chi connectivity index (χ2v) is 7.63. The molecule has 4 heteroatoms. The van der Waals surface area contributed by atoms with E-state index in [1.807, 2.05) is 31.3 Å². The highest BCUT2D eigenvalue weighted by Crippen LogP contribution is 2.45. The van der Waals surface area contributed by atoms with Crippen molar-refractivity contribution < 1.29 is 0 Å². The number of halogens is 1. The van der Waals surface area contributed by atoms with Crippen LogP contribution in [0, 0.1) is 5.41 Å². The molecule has 1 atom stereocenters. The molecule has 1 heterocycles. The van der Waals surface area contributed by atoms with Gasteiger partial charge in [-0.05, 0) is 31.4 Å². The van der Waals surface area contributed by atoms with E-state index >= 15 is 0 Å². The van der Waals surface area contributed by atoms with E-state index in [-0.39, 0.29) is 0 Å². The minimum absolute atomic E-state index is 0.298. The van der Waals surface area contributed by atoms with Crippen LogP contribution in [0.3, 0.4) is 0 Å². The lowest BCUT2D eigenvalue weighted by Gasteiger charge is -2.34. The van der Waals surface area contributed by atoms with Crippen molar-refractivity contribution in [3.05, 3.63) is 39.9 Å². The molecular weight excluding hydrogens is 288 g/mol. The van der Waals surface area contributed by atoms with Gasteiger partial charge in [0.15, 0.2) is 0 Å². The molecule has 2 nitrogen and oxygen atoms in total. The number of hydrogen-bond acceptors (Lipinski definition) is 3. The van der Waals surface area contributed by atoms with Crippen LogP contribution in [-0.2, 0) is 6.42 Å². The van der Waals surface area contributed by atoms with Crippen molar-refractivity contribution in [2.45, 2.75) is 32.7 Å². The first-order chi connectivity index (χ1) is 9.50. The predicted octanol–water partition coefficient (Wildman–Crippen LogP) is 4.70. The van der Waals surface area contributed by atoms with E-state index in [1.54, 1.807) is 11.3 Å². The number of rotatable bonds is 2. The highest BCUT2D eigenvalue weighted by molar-refractivity contribution is 7.15. The highest BCUT2D eigenvalue weighted by Gasteiger charge is 2.34. The average molecular weight is 307 g/mol. The fraction of sp³-hybridized carbons (Fsp3) is 0.438. The van der Waals surface area contributed by atoms with E-state index in [0.29, 0.717) is 11.5 Å². The largest absolute Gasteiger partial charge is 0.312 e. The standard InChI is InChI=1S/C16H19ClN2S/c1-16(2)8-12(18-3)14-13(9-16)19-15(20-14)10-6-4-5-7-11(10)17/h4-7,12,18H,8-9H2,1-3H3. The van der Waals surface area contributed by atoms with Crippen LogP contribution in [-0.4, -0.2) is 12.0 Å². The first-order valence-electron chi connectivity index (χ1n) is 6.92. The van der Waals surface area contributed by atoms with Crippen LogP contribution in [0.2, 0.25) is 5.02 Å². The Labute approximate surface area is 129 Å². The van der Waals surface area contributed by atoms with Gasteiger partial charge in [0.1, 0.15) is 5.01 Å². The van der Waals surface area contributed by atoms with Crippen molar-refractivity contribution in [3.8, 4) is 10.6 Å². The van der Waals surface area contributed by atoms with Crippen molar-refractivity contribution >= 4 is 22.9 Å². The third-order valence-electron chi connectivity index (χ3n) is 3.90. The fourth-order valence-electron chi connectivity index (χ4n) is 2.92. The van der Waals surface area contributed by atoms with E-state index in [2.05, 4.69) is 19.2 Å². The summed E-state index contributed by atoms with van der Waals surface area (Å²) < 4.78 is 0. The monoisotopic (exact) mass is 306 g/mol. The van der Waals surface area contributed by atoms with Crippen molar-refractivity contribution in [2.75, 3.05) is 7.05 Å². The quantitative estimate of drug-likeness (QED) is 0.870. The zero-order valence-electron chi connectivity index (χ0n) is 12.0. The number of benzene rings is 1. The zero-order valence-corrected chi connectivity index (χ0v) is 13.6. The first-order valence-corrected chi connectivity index (χ1v) is 8.11. The van der Waals surface area contributed by atoms with Gasteiger partial charge in [0.2, 0.25) is 0 Å². The number of nitrogens with zero attached hydrogens (tertiary/aromatic N) is 1. The topological polar surface area (TPSA) is 24.9 Å². The number of thiazole rings is 1. The van der Waals surface area contributed by atoms with Crippen LogP contribution in [0.4, 0.5) is 0 Å². The molecule has 1 N–H and O–H groups in total. The van der Waals surface area contributed by atoms with E-state index in [9.17, 15) is 0 Å². The summed E-state index contributed by atoms with van der Waals surface area (Å²) in [6.07, 6.45) is 2.20. The Balaban J connectivity index is 2.07. The molecule has 2 aromatic rings. The molecule has 1 aliphatic carbocycles. The van der Waals surface area contributed by atoms with Crippen LogP contribution in [0.25, 0.3) is 10.6 Å². The Hall–Kier alpha value is -0.900. The van der Waals surface area contributed by atoms with Gasteiger partial charge in [-0.2, -0.15) is 0 Å². The molecule has 1 unspecified atom stereocenters. The van der Waals surface area contributed by atoms with Gasteiger partial charge in [0.25, 0.3) is 0 Å². The molecule has 0 amide bonds. The summed E-state index contributed by atoms with van der Waals surface area (Å²) in [5, 5.41) is 5.25. The smallest absolute Gasteiger partial charge is 0.125 e. The fourth-order valence-corrected chi connectivity index (χ4v) is 4.43. The van der Waals surface area contributed by atoms with Crippen LogP contribution >= 0.6 is 22.9 Å². The van der Waals surface area contributed by atoms with Gasteiger partial charge < -0.3 is 5.32 Å². The molecule has 20 heavy (non-hydrogen) atoms. The summed E-state index contributed by atoms with van der Waals surface area (Å²) in [6, 6.07) is 8.35. The zero-order chi connectivity index (χ0) is 14.3. The predicted molar refractivity (Wildman–Crippen MR) is 86.5 cm³/mol. The number of nitrogens with one attached hydrogen (secondary N) is 1. The van der Waals surface area contributed by atoms with E-state index in [4.69, 9.17) is 16.6 Å². The molecule has 0 bridgehead atoms. The molecule has 1 aromatic heterocycles. The van der Waals surface area contributed by atoms with E-state index in [1.165, 1.54) is 10.6 Å². The van der Waals surface area contributed by atoms with Gasteiger partial charge in [-0.15, -0.1) is 11.3 Å². The molecular formula is C16H19ClN2S. The van der Waals surface area contributed by atoms with Crippen molar-refractivity contribution in [2.24, 2.45) is 5.41 Å². The summed E-state index contributed by atoms with van der Waals surface area (Å²) in [4.78, 5) is 6.25. The average Bonchev–Trinajstić information content (AvgIpc) is 2.80. The van der Waals surface area contributed by atoms with Crippen LogP contribution in [0.15, 0.2) is 24.3 Å². The molecule has 106 valence electrons. The highest BCUT2D eigenvalue weighted by atomic mass is 35.5. The Morgan fingerprint density at radius 1 is 1.35 bits per heavy atom. The summed E-state index contributed by atoms with van der Waals surface area (Å²) in [5.74, 6) is 0. The number of aromatic nitrogens is 1. The normalized spacial score (nSPS) is 20.7. The van der Waals surface area contributed by atoms with Crippen molar-refractivity contribution in [1.82, 2.24) is 10.3 Å². The Kier molecular flexibility index (Phi) is 3.61. The lowest BCUT2D eigenvalue weighted by atomic mass is 9.76. The van der Waals surface area contributed by atoms with E-state index in [0.717, 1.165) is 28.4 Å². The Morgan fingerprint density at radius 3 is 2.80 bits per heavy atom. The SMILES string of the molecule is CNC1CC(C)(C)Cc2nc(-c3ccccc3Cl)sc21. The maximum atomic E-state index is 6.30. The lowest BCUT2D eigenvalue weighted by molar-refractivity contribution is 0.265. The minimum Gasteiger partial charge on any atom is -0.312 e. The lowest BCUT2D eigenvalue weighted by Crippen LogP contribution is -2.30. The van der Waals surface area contributed by atoms with Crippen LogP contribution in [0.1, 0.15) is 36.9 Å². The molecule has 3 rings (SSSR count). The molecule has 0 saturated carbocycles. The van der Waals surface area contributed by atoms with Gasteiger partial charge >= 0.3 is 0 Å². The number of fused-ring (bicyclic) bond motifs is 1. The maximum Gasteiger partial charge on any atom is 0.125 e. The summed E-state index contributed by atoms with van der Waals surface area (Å²) >= 11 is 8.08. The summed E-state index contributed by atoms with van der Waals surface area (Å²) in [7, 11) is 2.03. The van der Waals surface area contributed by atoms with E-state index < -0.39 is 0 Å².